The molecule has 25 heavy (non-hydrogen) atoms. The average Bonchev–Trinajstić information content (AvgIpc) is 3.32. The number of fused-ring (bicyclic) bond motifs is 1. The Morgan fingerprint density at radius 3 is 2.96 bits per heavy atom. The van der Waals surface area contributed by atoms with Crippen molar-refractivity contribution in [2.45, 2.75) is 31.7 Å². The highest BCUT2D eigenvalue weighted by Gasteiger charge is 2.20. The summed E-state index contributed by atoms with van der Waals surface area (Å²) in [6, 6.07) is 7.85. The molecule has 3 aromatic rings. The summed E-state index contributed by atoms with van der Waals surface area (Å²) >= 11 is 6.18. The molecule has 1 saturated carbocycles. The first kappa shape index (κ1) is 15.9. The van der Waals surface area contributed by atoms with Crippen LogP contribution in [-0.2, 0) is 4.79 Å². The van der Waals surface area contributed by atoms with E-state index in [2.05, 4.69) is 15.4 Å². The predicted octanol–water partition coefficient (Wildman–Crippen LogP) is 3.95. The third-order valence-electron chi connectivity index (χ3n) is 4.51. The number of aromatic nitrogens is 4. The molecule has 0 bridgehead atoms. The van der Waals surface area contributed by atoms with E-state index in [1.807, 2.05) is 39.5 Å². The molecule has 1 fully saturated rings. The number of rotatable bonds is 4. The van der Waals surface area contributed by atoms with Crippen LogP contribution in [0.3, 0.4) is 0 Å². The minimum absolute atomic E-state index is 0.221. The second-order valence-corrected chi connectivity index (χ2v) is 6.50. The van der Waals surface area contributed by atoms with Gasteiger partial charge in [0.1, 0.15) is 11.5 Å². The second kappa shape index (κ2) is 6.72. The molecule has 0 unspecified atom stereocenters. The minimum atomic E-state index is -0.221. The van der Waals surface area contributed by atoms with E-state index in [9.17, 15) is 4.79 Å². The molecule has 3 aromatic heterocycles. The lowest BCUT2D eigenvalue weighted by atomic mass is 10.2. The molecule has 0 aliphatic heterocycles. The van der Waals surface area contributed by atoms with Gasteiger partial charge in [0.15, 0.2) is 5.15 Å². The maximum absolute atomic E-state index is 12.3. The number of hydrogen-bond donors (Lipinski definition) is 1. The molecule has 128 valence electrons. The monoisotopic (exact) mass is 355 g/mol. The fourth-order valence-electron chi connectivity index (χ4n) is 3.31. The number of anilines is 1. The molecule has 3 heterocycles. The summed E-state index contributed by atoms with van der Waals surface area (Å²) in [6.07, 6.45) is 11.4. The highest BCUT2D eigenvalue weighted by atomic mass is 35.5. The van der Waals surface area contributed by atoms with Gasteiger partial charge in [-0.05, 0) is 31.1 Å². The van der Waals surface area contributed by atoms with Crippen LogP contribution in [0.4, 0.5) is 5.82 Å². The standard InChI is InChI=1S/C18H18ClN5O/c19-18-14(23-12-4-3-7-15(23)22-18)8-9-17(25)21-16-10-11-20-24(16)13-5-1-2-6-13/h3-4,7-13H,1-2,5-6H2,(H,21,25). The first-order chi connectivity index (χ1) is 12.2. The zero-order valence-corrected chi connectivity index (χ0v) is 14.4. The van der Waals surface area contributed by atoms with Gasteiger partial charge < -0.3 is 5.32 Å². The Hall–Kier alpha value is -2.60. The first-order valence-electron chi connectivity index (χ1n) is 8.37. The van der Waals surface area contributed by atoms with E-state index in [1.165, 1.54) is 18.9 Å². The summed E-state index contributed by atoms with van der Waals surface area (Å²) in [4.78, 5) is 16.6. The average molecular weight is 356 g/mol. The van der Waals surface area contributed by atoms with Crippen molar-refractivity contribution in [1.82, 2.24) is 19.2 Å². The lowest BCUT2D eigenvalue weighted by molar-refractivity contribution is -0.111. The van der Waals surface area contributed by atoms with Gasteiger partial charge in [-0.2, -0.15) is 5.10 Å². The molecule has 0 atom stereocenters. The Bertz CT molecular complexity index is 936. The number of imidazole rings is 1. The first-order valence-corrected chi connectivity index (χ1v) is 8.75. The van der Waals surface area contributed by atoms with Crippen molar-refractivity contribution < 1.29 is 4.79 Å². The van der Waals surface area contributed by atoms with Gasteiger partial charge in [0.2, 0.25) is 5.91 Å². The molecule has 0 saturated heterocycles. The van der Waals surface area contributed by atoms with Crippen LogP contribution in [0.2, 0.25) is 5.15 Å². The zero-order valence-electron chi connectivity index (χ0n) is 13.6. The number of carbonyl (C=O) groups excluding carboxylic acids is 1. The van der Waals surface area contributed by atoms with E-state index in [1.54, 1.807) is 12.3 Å². The third-order valence-corrected chi connectivity index (χ3v) is 4.78. The van der Waals surface area contributed by atoms with E-state index in [0.717, 1.165) is 24.3 Å². The van der Waals surface area contributed by atoms with E-state index < -0.39 is 0 Å². The van der Waals surface area contributed by atoms with Crippen LogP contribution in [0.5, 0.6) is 0 Å². The summed E-state index contributed by atoms with van der Waals surface area (Å²) in [6.45, 7) is 0. The molecule has 0 radical (unpaired) electrons. The van der Waals surface area contributed by atoms with Gasteiger partial charge in [-0.25, -0.2) is 9.67 Å². The molecule has 6 nitrogen and oxygen atoms in total. The fourth-order valence-corrected chi connectivity index (χ4v) is 3.55. The molecular weight excluding hydrogens is 338 g/mol. The Kier molecular flexibility index (Phi) is 4.28. The fraction of sp³-hybridized carbons (Fsp3) is 0.278. The second-order valence-electron chi connectivity index (χ2n) is 6.14. The summed E-state index contributed by atoms with van der Waals surface area (Å²) in [7, 11) is 0. The normalized spacial score (nSPS) is 15.4. The molecule has 1 aliphatic carbocycles. The largest absolute Gasteiger partial charge is 0.307 e. The highest BCUT2D eigenvalue weighted by molar-refractivity contribution is 6.31. The predicted molar refractivity (Wildman–Crippen MR) is 97.6 cm³/mol. The number of nitrogens with zero attached hydrogens (tertiary/aromatic N) is 4. The van der Waals surface area contributed by atoms with Crippen LogP contribution >= 0.6 is 11.6 Å². The number of pyridine rings is 1. The molecule has 1 amide bonds. The van der Waals surface area contributed by atoms with Crippen molar-refractivity contribution in [1.29, 1.82) is 0 Å². The summed E-state index contributed by atoms with van der Waals surface area (Å²) in [5.41, 5.74) is 1.42. The van der Waals surface area contributed by atoms with Gasteiger partial charge in [0.05, 0.1) is 17.9 Å². The zero-order chi connectivity index (χ0) is 17.2. The quantitative estimate of drug-likeness (QED) is 0.721. The van der Waals surface area contributed by atoms with Crippen LogP contribution in [0.1, 0.15) is 37.4 Å². The maximum Gasteiger partial charge on any atom is 0.249 e. The number of carbonyl (C=O) groups is 1. The van der Waals surface area contributed by atoms with Gasteiger partial charge >= 0.3 is 0 Å². The Labute approximate surface area is 150 Å². The summed E-state index contributed by atoms with van der Waals surface area (Å²) in [5.74, 6) is 0.507. The highest BCUT2D eigenvalue weighted by Crippen LogP contribution is 2.31. The van der Waals surface area contributed by atoms with Crippen molar-refractivity contribution in [2.75, 3.05) is 5.32 Å². The molecule has 0 spiro atoms. The van der Waals surface area contributed by atoms with E-state index in [-0.39, 0.29) is 5.91 Å². The Morgan fingerprint density at radius 1 is 1.28 bits per heavy atom. The van der Waals surface area contributed by atoms with Crippen LogP contribution in [-0.4, -0.2) is 25.1 Å². The van der Waals surface area contributed by atoms with Crippen molar-refractivity contribution in [3.05, 3.63) is 53.6 Å². The number of amides is 1. The molecule has 1 aliphatic rings. The Morgan fingerprint density at radius 2 is 2.12 bits per heavy atom. The summed E-state index contributed by atoms with van der Waals surface area (Å²) < 4.78 is 3.76. The number of halogens is 1. The van der Waals surface area contributed by atoms with Gasteiger partial charge in [0.25, 0.3) is 0 Å². The topological polar surface area (TPSA) is 64.2 Å². The molecule has 4 rings (SSSR count). The van der Waals surface area contributed by atoms with Gasteiger partial charge in [0, 0.05) is 18.3 Å². The van der Waals surface area contributed by atoms with Gasteiger partial charge in [-0.3, -0.25) is 9.20 Å². The van der Waals surface area contributed by atoms with E-state index in [0.29, 0.717) is 16.9 Å². The van der Waals surface area contributed by atoms with Crippen LogP contribution < -0.4 is 5.32 Å². The molecular formula is C18H18ClN5O. The van der Waals surface area contributed by atoms with Crippen molar-refractivity contribution in [3.8, 4) is 0 Å². The lowest BCUT2D eigenvalue weighted by Crippen LogP contribution is -2.15. The van der Waals surface area contributed by atoms with Crippen LogP contribution in [0.15, 0.2) is 42.7 Å². The Balaban J connectivity index is 1.51. The lowest BCUT2D eigenvalue weighted by Gasteiger charge is -2.13. The minimum Gasteiger partial charge on any atom is -0.307 e. The van der Waals surface area contributed by atoms with Crippen molar-refractivity contribution >= 4 is 35.0 Å². The van der Waals surface area contributed by atoms with Crippen molar-refractivity contribution in [3.63, 3.8) is 0 Å². The molecule has 1 N–H and O–H groups in total. The van der Waals surface area contributed by atoms with E-state index in [4.69, 9.17) is 11.6 Å². The van der Waals surface area contributed by atoms with Crippen LogP contribution in [0.25, 0.3) is 11.7 Å². The van der Waals surface area contributed by atoms with Crippen LogP contribution in [0, 0.1) is 0 Å². The number of hydrogen-bond acceptors (Lipinski definition) is 3. The smallest absolute Gasteiger partial charge is 0.249 e. The summed E-state index contributed by atoms with van der Waals surface area (Å²) in [5, 5.41) is 7.63. The maximum atomic E-state index is 12.3. The molecule has 0 aromatic carbocycles. The number of nitrogens with one attached hydrogen (secondary N) is 1. The molecule has 7 heteroatoms. The van der Waals surface area contributed by atoms with Gasteiger partial charge in [-0.15, -0.1) is 0 Å². The van der Waals surface area contributed by atoms with Gasteiger partial charge in [-0.1, -0.05) is 30.5 Å². The van der Waals surface area contributed by atoms with E-state index >= 15 is 0 Å². The third kappa shape index (κ3) is 3.17. The SMILES string of the molecule is O=C(C=Cc1c(Cl)nc2ccccn12)Nc1ccnn1C1CCCC1. The van der Waals surface area contributed by atoms with Crippen molar-refractivity contribution in [2.24, 2.45) is 0 Å².